The third kappa shape index (κ3) is 1.32. The third-order valence-corrected chi connectivity index (χ3v) is 2.40. The predicted octanol–water partition coefficient (Wildman–Crippen LogP) is 2.77. The highest BCUT2D eigenvalue weighted by Crippen LogP contribution is 2.18. The zero-order chi connectivity index (χ0) is 9.42. The van der Waals surface area contributed by atoms with Crippen LogP contribution in [0, 0.1) is 6.92 Å². The fourth-order valence-corrected chi connectivity index (χ4v) is 1.55. The van der Waals surface area contributed by atoms with Gasteiger partial charge >= 0.3 is 0 Å². The SMILES string of the molecule is Cc1cc(C(C)C)cn2nccc12. The Kier molecular flexibility index (Phi) is 1.83. The second kappa shape index (κ2) is 2.87. The van der Waals surface area contributed by atoms with Crippen LogP contribution in [-0.2, 0) is 0 Å². The van der Waals surface area contributed by atoms with E-state index in [2.05, 4.69) is 38.1 Å². The highest BCUT2D eigenvalue weighted by molar-refractivity contribution is 5.54. The molecule has 0 aromatic carbocycles. The van der Waals surface area contributed by atoms with Crippen molar-refractivity contribution in [1.82, 2.24) is 9.61 Å². The van der Waals surface area contributed by atoms with E-state index in [0.717, 1.165) is 0 Å². The molecule has 68 valence electrons. The Hall–Kier alpha value is -1.31. The Morgan fingerprint density at radius 2 is 2.15 bits per heavy atom. The van der Waals surface area contributed by atoms with Crippen molar-refractivity contribution in [2.45, 2.75) is 26.7 Å². The number of hydrogen-bond acceptors (Lipinski definition) is 1. The van der Waals surface area contributed by atoms with E-state index in [1.807, 2.05) is 16.8 Å². The van der Waals surface area contributed by atoms with E-state index in [1.54, 1.807) is 0 Å². The average molecular weight is 174 g/mol. The lowest BCUT2D eigenvalue weighted by molar-refractivity contribution is 0.832. The third-order valence-electron chi connectivity index (χ3n) is 2.40. The molecule has 2 nitrogen and oxygen atoms in total. The van der Waals surface area contributed by atoms with Crippen molar-refractivity contribution in [2.24, 2.45) is 0 Å². The average Bonchev–Trinajstić information content (AvgIpc) is 2.51. The monoisotopic (exact) mass is 174 g/mol. The molecular formula is C11H14N2. The van der Waals surface area contributed by atoms with Gasteiger partial charge in [-0.25, -0.2) is 4.52 Å². The number of aryl methyl sites for hydroxylation is 1. The Morgan fingerprint density at radius 3 is 2.85 bits per heavy atom. The first-order chi connectivity index (χ1) is 6.18. The summed E-state index contributed by atoms with van der Waals surface area (Å²) in [4.78, 5) is 0. The number of rotatable bonds is 1. The molecule has 2 heteroatoms. The maximum Gasteiger partial charge on any atom is 0.0690 e. The van der Waals surface area contributed by atoms with E-state index in [-0.39, 0.29) is 0 Å². The van der Waals surface area contributed by atoms with Crippen LogP contribution in [0.15, 0.2) is 24.5 Å². The zero-order valence-corrected chi connectivity index (χ0v) is 8.28. The molecule has 0 spiro atoms. The van der Waals surface area contributed by atoms with Crippen molar-refractivity contribution in [1.29, 1.82) is 0 Å². The molecule has 0 amide bonds. The first-order valence-electron chi connectivity index (χ1n) is 4.62. The van der Waals surface area contributed by atoms with Gasteiger partial charge in [0.2, 0.25) is 0 Å². The maximum absolute atomic E-state index is 4.24. The summed E-state index contributed by atoms with van der Waals surface area (Å²) >= 11 is 0. The second-order valence-electron chi connectivity index (χ2n) is 3.77. The quantitative estimate of drug-likeness (QED) is 0.649. The smallest absolute Gasteiger partial charge is 0.0690 e. The highest BCUT2D eigenvalue weighted by Gasteiger charge is 2.03. The van der Waals surface area contributed by atoms with Crippen molar-refractivity contribution in [3.8, 4) is 0 Å². The van der Waals surface area contributed by atoms with Crippen LogP contribution in [0.25, 0.3) is 5.52 Å². The van der Waals surface area contributed by atoms with Crippen LogP contribution in [0.4, 0.5) is 0 Å². The van der Waals surface area contributed by atoms with Crippen molar-refractivity contribution in [3.05, 3.63) is 35.7 Å². The van der Waals surface area contributed by atoms with Gasteiger partial charge in [-0.2, -0.15) is 5.10 Å². The maximum atomic E-state index is 4.24. The standard InChI is InChI=1S/C11H14N2/c1-8(2)10-6-9(3)11-4-5-12-13(11)7-10/h4-8H,1-3H3. The lowest BCUT2D eigenvalue weighted by atomic mass is 10.0. The molecule has 2 heterocycles. The highest BCUT2D eigenvalue weighted by atomic mass is 15.2. The van der Waals surface area contributed by atoms with Gasteiger partial charge in [0.25, 0.3) is 0 Å². The molecule has 0 aliphatic heterocycles. The van der Waals surface area contributed by atoms with E-state index in [9.17, 15) is 0 Å². The minimum Gasteiger partial charge on any atom is -0.240 e. The molecule has 0 unspecified atom stereocenters. The van der Waals surface area contributed by atoms with Gasteiger partial charge in [0.15, 0.2) is 0 Å². The summed E-state index contributed by atoms with van der Waals surface area (Å²) in [5.41, 5.74) is 3.84. The molecule has 2 aromatic heterocycles. The van der Waals surface area contributed by atoms with Gasteiger partial charge in [0, 0.05) is 12.4 Å². The van der Waals surface area contributed by atoms with Crippen molar-refractivity contribution in [3.63, 3.8) is 0 Å². The van der Waals surface area contributed by atoms with E-state index in [0.29, 0.717) is 5.92 Å². The van der Waals surface area contributed by atoms with Crippen molar-refractivity contribution < 1.29 is 0 Å². The topological polar surface area (TPSA) is 17.3 Å². The Bertz CT molecular complexity index is 427. The van der Waals surface area contributed by atoms with Gasteiger partial charge in [-0.05, 0) is 30.0 Å². The molecule has 13 heavy (non-hydrogen) atoms. The van der Waals surface area contributed by atoms with Crippen LogP contribution in [0.5, 0.6) is 0 Å². The van der Waals surface area contributed by atoms with E-state index >= 15 is 0 Å². The van der Waals surface area contributed by atoms with Gasteiger partial charge in [0.05, 0.1) is 5.52 Å². The fourth-order valence-electron chi connectivity index (χ4n) is 1.55. The molecule has 0 aliphatic rings. The van der Waals surface area contributed by atoms with Gasteiger partial charge in [-0.3, -0.25) is 0 Å². The number of pyridine rings is 1. The molecule has 0 saturated heterocycles. The summed E-state index contributed by atoms with van der Waals surface area (Å²) in [7, 11) is 0. The van der Waals surface area contributed by atoms with Crippen LogP contribution < -0.4 is 0 Å². The molecule has 0 atom stereocenters. The molecule has 0 fully saturated rings. The minimum absolute atomic E-state index is 0.562. The minimum atomic E-state index is 0.562. The predicted molar refractivity (Wildman–Crippen MR) is 54.0 cm³/mol. The molecule has 2 aromatic rings. The molecule has 0 N–H and O–H groups in total. The molecule has 0 radical (unpaired) electrons. The number of fused-ring (bicyclic) bond motifs is 1. The van der Waals surface area contributed by atoms with E-state index in [4.69, 9.17) is 0 Å². The summed E-state index contributed by atoms with van der Waals surface area (Å²) in [5, 5.41) is 4.24. The summed E-state index contributed by atoms with van der Waals surface area (Å²) in [6.07, 6.45) is 3.94. The Labute approximate surface area is 78.2 Å². The van der Waals surface area contributed by atoms with Crippen LogP contribution in [0.2, 0.25) is 0 Å². The van der Waals surface area contributed by atoms with Crippen LogP contribution >= 0.6 is 0 Å². The summed E-state index contributed by atoms with van der Waals surface area (Å²) in [5.74, 6) is 0.562. The lowest BCUT2D eigenvalue weighted by Crippen LogP contribution is -1.95. The lowest BCUT2D eigenvalue weighted by Gasteiger charge is -2.07. The van der Waals surface area contributed by atoms with Gasteiger partial charge < -0.3 is 0 Å². The first kappa shape index (κ1) is 8.30. The first-order valence-corrected chi connectivity index (χ1v) is 4.62. The van der Waals surface area contributed by atoms with Crippen LogP contribution in [-0.4, -0.2) is 9.61 Å². The Morgan fingerprint density at radius 1 is 1.38 bits per heavy atom. The fraction of sp³-hybridized carbons (Fsp3) is 0.364. The largest absolute Gasteiger partial charge is 0.240 e. The van der Waals surface area contributed by atoms with Crippen molar-refractivity contribution >= 4 is 5.52 Å². The van der Waals surface area contributed by atoms with Gasteiger partial charge in [0.1, 0.15) is 0 Å². The number of aromatic nitrogens is 2. The van der Waals surface area contributed by atoms with Gasteiger partial charge in [-0.1, -0.05) is 19.9 Å². The normalized spacial score (nSPS) is 11.4. The summed E-state index contributed by atoms with van der Waals surface area (Å²) in [6.45, 7) is 6.52. The van der Waals surface area contributed by atoms with Crippen LogP contribution in [0.1, 0.15) is 30.9 Å². The summed E-state index contributed by atoms with van der Waals surface area (Å²) < 4.78 is 1.95. The number of nitrogens with zero attached hydrogens (tertiary/aromatic N) is 2. The van der Waals surface area contributed by atoms with Crippen LogP contribution in [0.3, 0.4) is 0 Å². The number of hydrogen-bond donors (Lipinski definition) is 0. The molecular weight excluding hydrogens is 160 g/mol. The molecule has 2 rings (SSSR count). The van der Waals surface area contributed by atoms with Crippen molar-refractivity contribution in [2.75, 3.05) is 0 Å². The van der Waals surface area contributed by atoms with E-state index in [1.165, 1.54) is 16.6 Å². The molecule has 0 saturated carbocycles. The summed E-state index contributed by atoms with van der Waals surface area (Å²) in [6, 6.07) is 4.28. The van der Waals surface area contributed by atoms with Gasteiger partial charge in [-0.15, -0.1) is 0 Å². The molecule has 0 bridgehead atoms. The second-order valence-corrected chi connectivity index (χ2v) is 3.77. The molecule has 0 aliphatic carbocycles. The van der Waals surface area contributed by atoms with E-state index < -0.39 is 0 Å². The zero-order valence-electron chi connectivity index (χ0n) is 8.28. The Balaban J connectivity index is 2.70.